The Morgan fingerprint density at radius 1 is 1.20 bits per heavy atom. The maximum atomic E-state index is 13.0. The van der Waals surface area contributed by atoms with Crippen LogP contribution < -0.4 is 14.2 Å². The molecule has 1 amide bonds. The summed E-state index contributed by atoms with van der Waals surface area (Å²) < 4.78 is 38.7. The Kier molecular flexibility index (Phi) is 7.54. The molecule has 0 saturated carbocycles. The first-order valence-corrected chi connectivity index (χ1v) is 10.7. The molecule has 0 heterocycles. The molecule has 8 nitrogen and oxygen atoms in total. The van der Waals surface area contributed by atoms with E-state index in [1.165, 1.54) is 43.4 Å². The minimum atomic E-state index is -4.05. The number of nitriles is 1. The van der Waals surface area contributed by atoms with Gasteiger partial charge in [0.25, 0.3) is 15.9 Å². The van der Waals surface area contributed by atoms with E-state index in [4.69, 9.17) is 26.3 Å². The molecular weight excluding hydrogens is 430 g/mol. The van der Waals surface area contributed by atoms with E-state index in [1.54, 1.807) is 20.0 Å². The van der Waals surface area contributed by atoms with Gasteiger partial charge in [-0.15, -0.1) is 0 Å². The standard InChI is InChI=1S/C20H22ClN3O5S/c1-13-6-7-14(10-15(13)20(25)24(2)9-5-8-22)30(26,27)23-17-11-16(21)18(28-3)12-19(17)29-4/h6-7,10-12,23H,5,9H2,1-4H3. The van der Waals surface area contributed by atoms with E-state index < -0.39 is 10.0 Å². The molecule has 0 bridgehead atoms. The number of carbonyl (C=O) groups excluding carboxylic acids is 1. The molecule has 0 fully saturated rings. The zero-order chi connectivity index (χ0) is 22.5. The number of hydrogen-bond donors (Lipinski definition) is 1. The topological polar surface area (TPSA) is 109 Å². The lowest BCUT2D eigenvalue weighted by Gasteiger charge is -2.18. The highest BCUT2D eigenvalue weighted by Gasteiger charge is 2.22. The van der Waals surface area contributed by atoms with Crippen molar-refractivity contribution < 1.29 is 22.7 Å². The van der Waals surface area contributed by atoms with Crippen molar-refractivity contribution in [3.05, 3.63) is 46.5 Å². The third-order valence-corrected chi connectivity index (χ3v) is 6.03. The number of methoxy groups -OCH3 is 2. The molecular formula is C20H22ClN3O5S. The summed E-state index contributed by atoms with van der Waals surface area (Å²) in [5.74, 6) is 0.185. The van der Waals surface area contributed by atoms with Crippen LogP contribution in [0.25, 0.3) is 0 Å². The van der Waals surface area contributed by atoms with E-state index >= 15 is 0 Å². The predicted molar refractivity (Wildman–Crippen MR) is 114 cm³/mol. The van der Waals surface area contributed by atoms with Gasteiger partial charge in [-0.1, -0.05) is 17.7 Å². The molecule has 2 aromatic rings. The number of anilines is 1. The average Bonchev–Trinajstić information content (AvgIpc) is 2.71. The molecule has 2 rings (SSSR count). The molecule has 1 N–H and O–H groups in total. The highest BCUT2D eigenvalue weighted by molar-refractivity contribution is 7.92. The Morgan fingerprint density at radius 3 is 2.47 bits per heavy atom. The minimum Gasteiger partial charge on any atom is -0.495 e. The van der Waals surface area contributed by atoms with Crippen molar-refractivity contribution in [1.29, 1.82) is 5.26 Å². The summed E-state index contributed by atoms with van der Waals surface area (Å²) in [7, 11) is 0.331. The largest absolute Gasteiger partial charge is 0.495 e. The van der Waals surface area contributed by atoms with Crippen LogP contribution in [-0.2, 0) is 10.0 Å². The van der Waals surface area contributed by atoms with Gasteiger partial charge in [0.15, 0.2) is 0 Å². The van der Waals surface area contributed by atoms with Crippen LogP contribution in [0.3, 0.4) is 0 Å². The van der Waals surface area contributed by atoms with Crippen LogP contribution in [0.15, 0.2) is 35.2 Å². The second-order valence-corrected chi connectivity index (χ2v) is 8.49. The zero-order valence-electron chi connectivity index (χ0n) is 17.0. The van der Waals surface area contributed by atoms with Gasteiger partial charge in [0.05, 0.1) is 42.3 Å². The van der Waals surface area contributed by atoms with Crippen LogP contribution in [0.2, 0.25) is 5.02 Å². The zero-order valence-corrected chi connectivity index (χ0v) is 18.6. The molecule has 2 aromatic carbocycles. The number of sulfonamides is 1. The summed E-state index contributed by atoms with van der Waals surface area (Å²) in [6, 6.07) is 9.09. The Morgan fingerprint density at radius 2 is 1.87 bits per heavy atom. The molecule has 160 valence electrons. The van der Waals surface area contributed by atoms with Gasteiger partial charge < -0.3 is 14.4 Å². The predicted octanol–water partition coefficient (Wildman–Crippen LogP) is 3.45. The molecule has 10 heteroatoms. The second kappa shape index (κ2) is 9.69. The number of halogens is 1. The Labute approximate surface area is 181 Å². The molecule has 0 aliphatic carbocycles. The third kappa shape index (κ3) is 5.14. The number of benzene rings is 2. The van der Waals surface area contributed by atoms with E-state index in [-0.39, 0.29) is 45.8 Å². The molecule has 0 unspecified atom stereocenters. The van der Waals surface area contributed by atoms with Gasteiger partial charge in [-0.3, -0.25) is 9.52 Å². The number of ether oxygens (including phenoxy) is 2. The fourth-order valence-corrected chi connectivity index (χ4v) is 3.99. The fourth-order valence-electron chi connectivity index (χ4n) is 2.67. The first-order chi connectivity index (χ1) is 14.1. The summed E-state index contributed by atoms with van der Waals surface area (Å²) in [5, 5.41) is 8.91. The number of rotatable bonds is 8. The number of nitrogens with zero attached hydrogens (tertiary/aromatic N) is 2. The Bertz CT molecular complexity index is 1100. The van der Waals surface area contributed by atoms with Crippen molar-refractivity contribution >= 4 is 33.2 Å². The second-order valence-electron chi connectivity index (χ2n) is 6.40. The van der Waals surface area contributed by atoms with E-state index in [1.807, 2.05) is 6.07 Å². The van der Waals surface area contributed by atoms with Crippen LogP contribution in [0.1, 0.15) is 22.3 Å². The monoisotopic (exact) mass is 451 g/mol. The summed E-state index contributed by atoms with van der Waals surface area (Å²) >= 11 is 6.11. The van der Waals surface area contributed by atoms with E-state index in [9.17, 15) is 13.2 Å². The molecule has 0 aromatic heterocycles. The van der Waals surface area contributed by atoms with Crippen molar-refractivity contribution in [3.8, 4) is 17.6 Å². The summed E-state index contributed by atoms with van der Waals surface area (Å²) in [6.45, 7) is 1.95. The SMILES string of the molecule is COc1cc(OC)c(NS(=O)(=O)c2ccc(C)c(C(=O)N(C)CCC#N)c2)cc1Cl. The van der Waals surface area contributed by atoms with Crippen molar-refractivity contribution in [2.45, 2.75) is 18.2 Å². The average molecular weight is 452 g/mol. The van der Waals surface area contributed by atoms with Crippen LogP contribution in [0, 0.1) is 18.3 Å². The summed E-state index contributed by atoms with van der Waals surface area (Å²) in [4.78, 5) is 14.0. The molecule has 0 aliphatic heterocycles. The number of amides is 1. The molecule has 0 saturated heterocycles. The van der Waals surface area contributed by atoms with Crippen molar-refractivity contribution in [2.24, 2.45) is 0 Å². The van der Waals surface area contributed by atoms with E-state index in [0.717, 1.165) is 0 Å². The van der Waals surface area contributed by atoms with Gasteiger partial charge in [0.1, 0.15) is 11.5 Å². The molecule has 0 spiro atoms. The van der Waals surface area contributed by atoms with Crippen molar-refractivity contribution in [1.82, 2.24) is 4.90 Å². The van der Waals surface area contributed by atoms with Crippen molar-refractivity contribution in [2.75, 3.05) is 32.5 Å². The van der Waals surface area contributed by atoms with Crippen LogP contribution >= 0.6 is 11.6 Å². The van der Waals surface area contributed by atoms with E-state index in [0.29, 0.717) is 11.3 Å². The van der Waals surface area contributed by atoms with Crippen LogP contribution in [0.5, 0.6) is 11.5 Å². The molecule has 0 radical (unpaired) electrons. The number of carbonyl (C=O) groups is 1. The fraction of sp³-hybridized carbons (Fsp3) is 0.300. The Balaban J connectivity index is 2.41. The summed E-state index contributed by atoms with van der Waals surface area (Å²) in [5.41, 5.74) is 0.980. The van der Waals surface area contributed by atoms with Gasteiger partial charge in [0, 0.05) is 25.2 Å². The number of nitrogens with one attached hydrogen (secondary N) is 1. The maximum absolute atomic E-state index is 13.0. The lowest BCUT2D eigenvalue weighted by atomic mass is 10.1. The smallest absolute Gasteiger partial charge is 0.262 e. The highest BCUT2D eigenvalue weighted by Crippen LogP contribution is 2.37. The van der Waals surface area contributed by atoms with E-state index in [2.05, 4.69) is 4.72 Å². The highest BCUT2D eigenvalue weighted by atomic mass is 35.5. The third-order valence-electron chi connectivity index (χ3n) is 4.37. The molecule has 0 atom stereocenters. The van der Waals surface area contributed by atoms with Crippen molar-refractivity contribution in [3.63, 3.8) is 0 Å². The van der Waals surface area contributed by atoms with Gasteiger partial charge in [-0.25, -0.2) is 8.42 Å². The first-order valence-electron chi connectivity index (χ1n) is 8.82. The quantitative estimate of drug-likeness (QED) is 0.658. The number of hydrogen-bond acceptors (Lipinski definition) is 6. The Hall–Kier alpha value is -2.96. The van der Waals surface area contributed by atoms with Gasteiger partial charge in [-0.05, 0) is 30.7 Å². The normalized spacial score (nSPS) is 10.8. The molecule has 0 aliphatic rings. The molecule has 30 heavy (non-hydrogen) atoms. The summed E-state index contributed by atoms with van der Waals surface area (Å²) in [6.07, 6.45) is 0.179. The lowest BCUT2D eigenvalue weighted by Crippen LogP contribution is -2.28. The van der Waals surface area contributed by atoms with Gasteiger partial charge >= 0.3 is 0 Å². The minimum absolute atomic E-state index is 0.0980. The van der Waals surface area contributed by atoms with Crippen LogP contribution in [0.4, 0.5) is 5.69 Å². The van der Waals surface area contributed by atoms with Gasteiger partial charge in [-0.2, -0.15) is 5.26 Å². The van der Waals surface area contributed by atoms with Gasteiger partial charge in [0.2, 0.25) is 0 Å². The number of aryl methyl sites for hydroxylation is 1. The first kappa shape index (κ1) is 23.3. The maximum Gasteiger partial charge on any atom is 0.262 e. The van der Waals surface area contributed by atoms with Crippen LogP contribution in [-0.4, -0.2) is 47.0 Å². The lowest BCUT2D eigenvalue weighted by molar-refractivity contribution is 0.0797.